The van der Waals surface area contributed by atoms with Crippen LogP contribution in [0.15, 0.2) is 132 Å². The van der Waals surface area contributed by atoms with Crippen LogP contribution < -0.4 is 0 Å². The number of fused-ring (bicyclic) bond motifs is 8. The predicted molar refractivity (Wildman–Crippen MR) is 176 cm³/mol. The molecule has 0 atom stereocenters. The van der Waals surface area contributed by atoms with Gasteiger partial charge in [0, 0.05) is 50.5 Å². The fourth-order valence-corrected chi connectivity index (χ4v) is 5.90. The fourth-order valence-electron chi connectivity index (χ4n) is 5.90. The molecule has 2 aliphatic heterocycles. The summed E-state index contributed by atoms with van der Waals surface area (Å²) in [7, 11) is 0. The summed E-state index contributed by atoms with van der Waals surface area (Å²) in [5.41, 5.74) is 14.4. The van der Waals surface area contributed by atoms with E-state index >= 15 is 0 Å². The van der Waals surface area contributed by atoms with Gasteiger partial charge < -0.3 is 9.97 Å². The number of aromatic nitrogens is 3. The lowest BCUT2D eigenvalue weighted by molar-refractivity contribution is 1.32. The van der Waals surface area contributed by atoms with E-state index in [4.69, 9.17) is 9.98 Å². The van der Waals surface area contributed by atoms with Crippen LogP contribution in [0.5, 0.6) is 0 Å². The molecule has 4 nitrogen and oxygen atoms in total. The van der Waals surface area contributed by atoms with E-state index in [1.165, 1.54) is 0 Å². The first kappa shape index (κ1) is 24.1. The zero-order chi connectivity index (χ0) is 27.9. The Labute approximate surface area is 243 Å². The van der Waals surface area contributed by atoms with Crippen LogP contribution in [0.4, 0.5) is 5.69 Å². The SMILES string of the molecule is C1=Cc2nc1c(-c1ccccc1)c1ccc(cc3cc(c(-c4ccccc4)c4ccc([nH]4)c2-c2ccccc2)C=N3)[nH]1. The van der Waals surface area contributed by atoms with E-state index < -0.39 is 0 Å². The zero-order valence-electron chi connectivity index (χ0n) is 22.8. The first-order valence-electron chi connectivity index (χ1n) is 14.1. The summed E-state index contributed by atoms with van der Waals surface area (Å²) in [5, 5.41) is 0. The van der Waals surface area contributed by atoms with Gasteiger partial charge in [-0.2, -0.15) is 0 Å². The first-order valence-corrected chi connectivity index (χ1v) is 14.1. The maximum atomic E-state index is 5.27. The molecular weight excluding hydrogens is 512 g/mol. The molecule has 42 heavy (non-hydrogen) atoms. The number of nitrogens with one attached hydrogen (secondary N) is 2. The van der Waals surface area contributed by atoms with Crippen LogP contribution in [0, 0.1) is 0 Å². The van der Waals surface area contributed by atoms with E-state index in [1.54, 1.807) is 0 Å². The lowest BCUT2D eigenvalue weighted by atomic mass is 10.0. The quantitative estimate of drug-likeness (QED) is 0.231. The Kier molecular flexibility index (Phi) is 5.75. The molecule has 0 saturated carbocycles. The average Bonchev–Trinajstić information content (AvgIpc) is 3.86. The minimum atomic E-state index is 0.900. The van der Waals surface area contributed by atoms with Crippen molar-refractivity contribution < 1.29 is 0 Å². The third-order valence-electron chi connectivity index (χ3n) is 7.79. The number of hydrogen-bond acceptors (Lipinski definition) is 2. The Bertz CT molecular complexity index is 2130. The van der Waals surface area contributed by atoms with Gasteiger partial charge in [0.15, 0.2) is 0 Å². The van der Waals surface area contributed by atoms with Gasteiger partial charge in [0.1, 0.15) is 0 Å². The molecule has 0 amide bonds. The van der Waals surface area contributed by atoms with Crippen molar-refractivity contribution in [2.24, 2.45) is 4.99 Å². The molecular formula is C38H26N4. The van der Waals surface area contributed by atoms with E-state index in [2.05, 4.69) is 131 Å². The van der Waals surface area contributed by atoms with Crippen molar-refractivity contribution >= 4 is 46.1 Å². The van der Waals surface area contributed by atoms with Gasteiger partial charge in [-0.25, -0.2) is 4.98 Å². The Hall–Kier alpha value is -5.74. The standard InChI is InChI=1S/C38H26N4/c1-4-10-25(11-5-1)36-28-22-30(39-24-28)23-29-16-17-32(40-29)37(26-12-6-2-7-13-26)33-20-21-35(42-33)38(27-14-8-3-9-15-27)34-19-18-31(36)41-34/h1-24,40-41H. The second-order valence-corrected chi connectivity index (χ2v) is 10.5. The largest absolute Gasteiger partial charge is 0.355 e. The average molecular weight is 539 g/mol. The maximum Gasteiger partial charge on any atom is 0.0737 e. The molecule has 0 saturated heterocycles. The van der Waals surface area contributed by atoms with Gasteiger partial charge >= 0.3 is 0 Å². The molecule has 5 heterocycles. The fraction of sp³-hybridized carbons (Fsp3) is 0. The van der Waals surface area contributed by atoms with Crippen molar-refractivity contribution in [1.29, 1.82) is 0 Å². The minimum absolute atomic E-state index is 0.900. The molecule has 8 rings (SSSR count). The Balaban J connectivity index is 1.54. The van der Waals surface area contributed by atoms with Crippen LogP contribution in [0.3, 0.4) is 0 Å². The Morgan fingerprint density at radius 2 is 0.952 bits per heavy atom. The van der Waals surface area contributed by atoms with Gasteiger partial charge in [0.25, 0.3) is 0 Å². The Morgan fingerprint density at radius 3 is 1.55 bits per heavy atom. The van der Waals surface area contributed by atoms with Gasteiger partial charge in [0.05, 0.1) is 17.1 Å². The van der Waals surface area contributed by atoms with E-state index in [0.717, 1.165) is 78.1 Å². The smallest absolute Gasteiger partial charge is 0.0737 e. The van der Waals surface area contributed by atoms with Gasteiger partial charge in [0.2, 0.25) is 0 Å². The lowest BCUT2D eigenvalue weighted by Gasteiger charge is -2.06. The number of benzene rings is 3. The van der Waals surface area contributed by atoms with Crippen molar-refractivity contribution in [3.05, 3.63) is 144 Å². The van der Waals surface area contributed by atoms with Gasteiger partial charge in [-0.3, -0.25) is 4.99 Å². The third-order valence-corrected chi connectivity index (χ3v) is 7.79. The summed E-state index contributed by atoms with van der Waals surface area (Å²) in [5.74, 6) is 0. The van der Waals surface area contributed by atoms with Gasteiger partial charge in [-0.05, 0) is 65.2 Å². The topological polar surface area (TPSA) is 56.8 Å². The molecule has 8 bridgehead atoms. The molecule has 2 N–H and O–H groups in total. The van der Waals surface area contributed by atoms with Crippen LogP contribution >= 0.6 is 0 Å². The second-order valence-electron chi connectivity index (χ2n) is 10.5. The molecule has 6 aromatic rings. The summed E-state index contributed by atoms with van der Waals surface area (Å²) < 4.78 is 0. The van der Waals surface area contributed by atoms with Crippen molar-refractivity contribution in [3.8, 4) is 33.4 Å². The molecule has 0 unspecified atom stereocenters. The lowest BCUT2D eigenvalue weighted by Crippen LogP contribution is -1.88. The minimum Gasteiger partial charge on any atom is -0.355 e. The van der Waals surface area contributed by atoms with Crippen molar-refractivity contribution in [2.45, 2.75) is 0 Å². The highest BCUT2D eigenvalue weighted by molar-refractivity contribution is 6.02. The molecule has 3 aromatic heterocycles. The van der Waals surface area contributed by atoms with Crippen LogP contribution in [0.1, 0.15) is 17.0 Å². The van der Waals surface area contributed by atoms with Crippen molar-refractivity contribution in [1.82, 2.24) is 15.0 Å². The second kappa shape index (κ2) is 10.0. The molecule has 2 aliphatic rings. The van der Waals surface area contributed by atoms with Gasteiger partial charge in [-0.15, -0.1) is 0 Å². The normalized spacial score (nSPS) is 12.1. The number of rotatable bonds is 3. The van der Waals surface area contributed by atoms with E-state index in [0.29, 0.717) is 0 Å². The summed E-state index contributed by atoms with van der Waals surface area (Å²) in [6.07, 6.45) is 6.22. The summed E-state index contributed by atoms with van der Waals surface area (Å²) >= 11 is 0. The van der Waals surface area contributed by atoms with E-state index in [9.17, 15) is 0 Å². The number of aromatic amines is 2. The highest BCUT2D eigenvalue weighted by Gasteiger charge is 2.16. The molecule has 0 spiro atoms. The molecule has 3 aromatic carbocycles. The van der Waals surface area contributed by atoms with Crippen molar-refractivity contribution in [2.75, 3.05) is 0 Å². The zero-order valence-corrected chi connectivity index (χ0v) is 22.8. The summed E-state index contributed by atoms with van der Waals surface area (Å²) in [4.78, 5) is 17.5. The molecule has 0 radical (unpaired) electrons. The predicted octanol–water partition coefficient (Wildman–Crippen LogP) is 9.84. The Morgan fingerprint density at radius 1 is 0.452 bits per heavy atom. The van der Waals surface area contributed by atoms with E-state index in [-0.39, 0.29) is 0 Å². The van der Waals surface area contributed by atoms with Crippen LogP contribution in [-0.4, -0.2) is 21.2 Å². The molecule has 198 valence electrons. The number of H-pyrrole nitrogens is 2. The highest BCUT2D eigenvalue weighted by Crippen LogP contribution is 2.36. The maximum absolute atomic E-state index is 5.27. The van der Waals surface area contributed by atoms with Gasteiger partial charge in [-0.1, -0.05) is 91.0 Å². The molecule has 0 aliphatic carbocycles. The van der Waals surface area contributed by atoms with Crippen molar-refractivity contribution in [3.63, 3.8) is 0 Å². The summed E-state index contributed by atoms with van der Waals surface area (Å²) in [6, 6.07) is 44.2. The summed E-state index contributed by atoms with van der Waals surface area (Å²) in [6.45, 7) is 0. The first-order chi connectivity index (χ1) is 20.8. The van der Waals surface area contributed by atoms with Crippen LogP contribution in [0.2, 0.25) is 0 Å². The highest BCUT2D eigenvalue weighted by atomic mass is 14.8. The number of hydrogen-bond donors (Lipinski definition) is 2. The third kappa shape index (κ3) is 4.27. The van der Waals surface area contributed by atoms with E-state index in [1.807, 2.05) is 24.4 Å². The number of aliphatic imine (C=N–C) groups is 1. The van der Waals surface area contributed by atoms with Crippen LogP contribution in [-0.2, 0) is 0 Å². The monoisotopic (exact) mass is 538 g/mol. The molecule has 4 heteroatoms. The van der Waals surface area contributed by atoms with Crippen LogP contribution in [0.25, 0.3) is 67.6 Å². The number of nitrogens with zero attached hydrogens (tertiary/aromatic N) is 2. The molecule has 0 fully saturated rings.